The summed E-state index contributed by atoms with van der Waals surface area (Å²) in [6.07, 6.45) is 4.69. The normalized spacial score (nSPS) is 13.8. The van der Waals surface area contributed by atoms with Gasteiger partial charge in [-0.25, -0.2) is 0 Å². The average molecular weight is 383 g/mol. The van der Waals surface area contributed by atoms with Crippen LogP contribution in [0.25, 0.3) is 0 Å². The number of unbranched alkanes of at least 4 members (excludes halogenated alkanes) is 1. The number of rotatable bonds is 11. The molecule has 0 aliphatic carbocycles. The molecule has 1 amide bonds. The number of benzene rings is 1. The lowest BCUT2D eigenvalue weighted by molar-refractivity contribution is -0.105. The molecule has 2 heterocycles. The molecule has 0 radical (unpaired) electrons. The van der Waals surface area contributed by atoms with Gasteiger partial charge in [0.15, 0.2) is 0 Å². The molecule has 1 aliphatic heterocycles. The highest BCUT2D eigenvalue weighted by Crippen LogP contribution is 2.20. The van der Waals surface area contributed by atoms with E-state index >= 15 is 0 Å². The second-order valence-electron chi connectivity index (χ2n) is 7.12. The molecule has 1 aromatic heterocycles. The lowest BCUT2D eigenvalue weighted by Gasteiger charge is -2.28. The Balaban J connectivity index is 1.40. The molecule has 6 nitrogen and oxygen atoms in total. The van der Waals surface area contributed by atoms with Crippen molar-refractivity contribution in [1.29, 1.82) is 0 Å². The minimum atomic E-state index is 0.560. The summed E-state index contributed by atoms with van der Waals surface area (Å²) in [6, 6.07) is 12.6. The van der Waals surface area contributed by atoms with Crippen LogP contribution >= 0.6 is 0 Å². The zero-order chi connectivity index (χ0) is 19.6. The van der Waals surface area contributed by atoms with Gasteiger partial charge in [0, 0.05) is 19.2 Å². The maximum atomic E-state index is 10.8. The molecule has 6 heteroatoms. The van der Waals surface area contributed by atoms with Crippen molar-refractivity contribution in [3.05, 3.63) is 53.1 Å². The molecular weight excluding hydrogens is 352 g/mol. The van der Waals surface area contributed by atoms with Crippen molar-refractivity contribution in [3.8, 4) is 5.88 Å². The molecule has 0 bridgehead atoms. The molecule has 2 N–H and O–H groups in total. The Hall–Kier alpha value is -2.44. The number of carbonyl (C=O) groups excluding carboxylic acids is 1. The van der Waals surface area contributed by atoms with Gasteiger partial charge >= 0.3 is 0 Å². The van der Waals surface area contributed by atoms with Crippen molar-refractivity contribution < 1.29 is 9.53 Å². The molecule has 1 aliphatic rings. The highest BCUT2D eigenvalue weighted by Gasteiger charge is 2.14. The molecule has 0 saturated carbocycles. The minimum absolute atomic E-state index is 0.560. The van der Waals surface area contributed by atoms with Gasteiger partial charge in [-0.15, -0.1) is 0 Å². The van der Waals surface area contributed by atoms with Crippen LogP contribution in [0.3, 0.4) is 0 Å². The van der Waals surface area contributed by atoms with Crippen molar-refractivity contribution in [2.45, 2.75) is 32.2 Å². The van der Waals surface area contributed by atoms with Crippen LogP contribution in [0.5, 0.6) is 5.88 Å². The third kappa shape index (κ3) is 5.78. The molecule has 150 valence electrons. The summed E-state index contributed by atoms with van der Waals surface area (Å²) in [5.74, 6) is 1.14. The van der Waals surface area contributed by atoms with Gasteiger partial charge in [-0.05, 0) is 68.6 Å². The Morgan fingerprint density at radius 2 is 2.04 bits per heavy atom. The predicted molar refractivity (Wildman–Crippen MR) is 112 cm³/mol. The number of fused-ring (bicyclic) bond motifs is 1. The lowest BCUT2D eigenvalue weighted by Crippen LogP contribution is -2.31. The maximum absolute atomic E-state index is 10.8. The summed E-state index contributed by atoms with van der Waals surface area (Å²) in [4.78, 5) is 17.8. The Morgan fingerprint density at radius 3 is 2.86 bits per heavy atom. The number of amides is 1. The minimum Gasteiger partial charge on any atom is -0.478 e. The highest BCUT2D eigenvalue weighted by atomic mass is 16.5. The fourth-order valence-electron chi connectivity index (χ4n) is 3.55. The Labute approximate surface area is 167 Å². The number of hydrogen-bond acceptors (Lipinski definition) is 5. The van der Waals surface area contributed by atoms with Crippen molar-refractivity contribution in [3.63, 3.8) is 0 Å². The van der Waals surface area contributed by atoms with Crippen LogP contribution < -0.4 is 15.4 Å². The van der Waals surface area contributed by atoms with E-state index < -0.39 is 0 Å². The van der Waals surface area contributed by atoms with Gasteiger partial charge in [0.1, 0.15) is 5.82 Å². The zero-order valence-corrected chi connectivity index (χ0v) is 16.6. The zero-order valence-electron chi connectivity index (χ0n) is 16.6. The first-order chi connectivity index (χ1) is 13.8. The maximum Gasteiger partial charge on any atom is 0.215 e. The predicted octanol–water partition coefficient (Wildman–Crippen LogP) is 2.63. The van der Waals surface area contributed by atoms with E-state index in [9.17, 15) is 4.79 Å². The summed E-state index contributed by atoms with van der Waals surface area (Å²) in [6.45, 7) is 4.73. The van der Waals surface area contributed by atoms with Gasteiger partial charge in [0.05, 0.1) is 6.61 Å². The van der Waals surface area contributed by atoms with Gasteiger partial charge in [-0.2, -0.15) is 4.98 Å². The summed E-state index contributed by atoms with van der Waals surface area (Å²) < 4.78 is 5.80. The number of carbonyl (C=O) groups is 1. The summed E-state index contributed by atoms with van der Waals surface area (Å²) in [5, 5.41) is 5.77. The summed E-state index contributed by atoms with van der Waals surface area (Å²) in [5.41, 5.74) is 3.95. The quantitative estimate of drug-likeness (QED) is 0.462. The number of nitrogens with zero attached hydrogens (tertiary/aromatic N) is 2. The van der Waals surface area contributed by atoms with Gasteiger partial charge < -0.3 is 15.4 Å². The Bertz CT molecular complexity index is 766. The third-order valence-corrected chi connectivity index (χ3v) is 5.12. The van der Waals surface area contributed by atoms with Crippen LogP contribution in [0.1, 0.15) is 29.5 Å². The van der Waals surface area contributed by atoms with E-state index in [-0.39, 0.29) is 0 Å². The molecule has 1 aromatic carbocycles. The van der Waals surface area contributed by atoms with Crippen LogP contribution in [0, 0.1) is 0 Å². The smallest absolute Gasteiger partial charge is 0.215 e. The SMILES string of the molecule is CNCCc1ccc(OCCCCN2CCc3ccccc3C2)nc1NC=O. The number of anilines is 1. The molecular formula is C22H30N4O2. The molecule has 3 rings (SSSR count). The van der Waals surface area contributed by atoms with Gasteiger partial charge in [-0.3, -0.25) is 9.69 Å². The van der Waals surface area contributed by atoms with Crippen molar-refractivity contribution in [2.75, 3.05) is 38.6 Å². The molecule has 2 aromatic rings. The number of ether oxygens (including phenoxy) is 1. The second-order valence-corrected chi connectivity index (χ2v) is 7.12. The molecule has 0 fully saturated rings. The van der Waals surface area contributed by atoms with Crippen molar-refractivity contribution in [2.24, 2.45) is 0 Å². The van der Waals surface area contributed by atoms with E-state index in [2.05, 4.69) is 44.8 Å². The fourth-order valence-corrected chi connectivity index (χ4v) is 3.55. The molecule has 0 spiro atoms. The topological polar surface area (TPSA) is 66.5 Å². The number of likely N-dealkylation sites (N-methyl/N-ethyl adjacent to an activating group) is 1. The average Bonchev–Trinajstić information content (AvgIpc) is 2.73. The monoisotopic (exact) mass is 382 g/mol. The Kier molecular flexibility index (Phi) is 7.82. The third-order valence-electron chi connectivity index (χ3n) is 5.12. The van der Waals surface area contributed by atoms with Gasteiger partial charge in [0.2, 0.25) is 12.3 Å². The van der Waals surface area contributed by atoms with Crippen molar-refractivity contribution in [1.82, 2.24) is 15.2 Å². The molecule has 0 saturated heterocycles. The molecule has 28 heavy (non-hydrogen) atoms. The first-order valence-electron chi connectivity index (χ1n) is 10.1. The fraction of sp³-hybridized carbons (Fsp3) is 0.455. The van der Waals surface area contributed by atoms with Crippen molar-refractivity contribution >= 4 is 12.2 Å². The van der Waals surface area contributed by atoms with E-state index in [1.165, 1.54) is 11.1 Å². The number of nitrogens with one attached hydrogen (secondary N) is 2. The standard InChI is InChI=1S/C22H30N4O2/c1-23-12-10-19-8-9-21(25-22(19)24-17-27)28-15-5-4-13-26-14-11-18-6-2-3-7-20(18)16-26/h2-3,6-9,17,23H,4-5,10-16H2,1H3,(H,24,25,27). The first kappa shape index (κ1) is 20.3. The van der Waals surface area contributed by atoms with Crippen LogP contribution in [0.15, 0.2) is 36.4 Å². The number of aromatic nitrogens is 1. The van der Waals surface area contributed by atoms with E-state index in [4.69, 9.17) is 4.74 Å². The van der Waals surface area contributed by atoms with E-state index in [0.29, 0.717) is 24.7 Å². The van der Waals surface area contributed by atoms with Gasteiger partial charge in [-0.1, -0.05) is 24.3 Å². The summed E-state index contributed by atoms with van der Waals surface area (Å²) in [7, 11) is 1.90. The first-order valence-corrected chi connectivity index (χ1v) is 10.1. The van der Waals surface area contributed by atoms with E-state index in [0.717, 1.165) is 57.4 Å². The van der Waals surface area contributed by atoms with Crippen LogP contribution in [0.2, 0.25) is 0 Å². The summed E-state index contributed by atoms with van der Waals surface area (Å²) >= 11 is 0. The second kappa shape index (κ2) is 10.8. The lowest BCUT2D eigenvalue weighted by atomic mass is 10.00. The number of hydrogen-bond donors (Lipinski definition) is 2. The largest absolute Gasteiger partial charge is 0.478 e. The Morgan fingerprint density at radius 1 is 1.18 bits per heavy atom. The van der Waals surface area contributed by atoms with Crippen LogP contribution in [-0.2, 0) is 24.2 Å². The number of pyridine rings is 1. The van der Waals surface area contributed by atoms with Crippen LogP contribution in [0.4, 0.5) is 5.82 Å². The van der Waals surface area contributed by atoms with E-state index in [1.807, 2.05) is 19.2 Å². The molecule has 0 atom stereocenters. The highest BCUT2D eigenvalue weighted by molar-refractivity contribution is 5.71. The van der Waals surface area contributed by atoms with Gasteiger partial charge in [0.25, 0.3) is 0 Å². The van der Waals surface area contributed by atoms with Crippen LogP contribution in [-0.4, -0.2) is 49.6 Å². The van der Waals surface area contributed by atoms with E-state index in [1.54, 1.807) is 0 Å². The molecule has 0 unspecified atom stereocenters.